The molecule has 0 atom stereocenters. The summed E-state index contributed by atoms with van der Waals surface area (Å²) in [4.78, 5) is 13.6. The van der Waals surface area contributed by atoms with Crippen LogP contribution in [0.5, 0.6) is 17.2 Å². The van der Waals surface area contributed by atoms with Crippen molar-refractivity contribution < 1.29 is 36.6 Å². The highest BCUT2D eigenvalue weighted by atomic mass is 19.4. The van der Waals surface area contributed by atoms with Crippen LogP contribution >= 0.6 is 0 Å². The lowest BCUT2D eigenvalue weighted by atomic mass is 10.2. The molecule has 0 aliphatic carbocycles. The quantitative estimate of drug-likeness (QED) is 0.652. The maximum atomic E-state index is 12.8. The largest absolute Gasteiger partial charge is 0.493 e. The van der Waals surface area contributed by atoms with Crippen LogP contribution in [0, 0.1) is 5.82 Å². The number of hydrogen-bond acceptors (Lipinski definition) is 4. The summed E-state index contributed by atoms with van der Waals surface area (Å²) in [5.74, 6) is 0.0342. The van der Waals surface area contributed by atoms with Gasteiger partial charge in [0.2, 0.25) is 0 Å². The van der Waals surface area contributed by atoms with Crippen LogP contribution in [0.25, 0.3) is 0 Å². The number of carbonyl (C=O) groups excluding carboxylic acids is 1. The maximum absolute atomic E-state index is 12.8. The lowest BCUT2D eigenvalue weighted by Gasteiger charge is -2.19. The SMILES string of the molecule is COc1ccc(NC(=O)N(C)CCOc2ccc(F)cc2)cc1OCC(F)(F)F. The average molecular weight is 416 g/mol. The van der Waals surface area contributed by atoms with Gasteiger partial charge in [-0.3, -0.25) is 0 Å². The van der Waals surface area contributed by atoms with Crippen LogP contribution in [-0.4, -0.2) is 51.0 Å². The number of anilines is 1. The van der Waals surface area contributed by atoms with Gasteiger partial charge in [-0.05, 0) is 36.4 Å². The van der Waals surface area contributed by atoms with Gasteiger partial charge in [0, 0.05) is 18.8 Å². The Morgan fingerprint density at radius 3 is 2.38 bits per heavy atom. The number of likely N-dealkylation sites (N-methyl/N-ethyl adjacent to an activating group) is 1. The molecule has 29 heavy (non-hydrogen) atoms. The molecule has 0 spiro atoms. The van der Waals surface area contributed by atoms with E-state index in [1.54, 1.807) is 0 Å². The van der Waals surface area contributed by atoms with Crippen LogP contribution in [0.1, 0.15) is 0 Å². The smallest absolute Gasteiger partial charge is 0.422 e. The predicted octanol–water partition coefficient (Wildman–Crippen LogP) is 4.32. The number of rotatable bonds is 8. The van der Waals surface area contributed by atoms with Crippen LogP contribution in [0.3, 0.4) is 0 Å². The summed E-state index contributed by atoms with van der Waals surface area (Å²) in [7, 11) is 2.82. The molecule has 6 nitrogen and oxygen atoms in total. The lowest BCUT2D eigenvalue weighted by molar-refractivity contribution is -0.153. The second-order valence-electron chi connectivity index (χ2n) is 5.92. The minimum absolute atomic E-state index is 0.105. The minimum Gasteiger partial charge on any atom is -0.493 e. The second-order valence-corrected chi connectivity index (χ2v) is 5.92. The molecule has 0 aliphatic heterocycles. The fraction of sp³-hybridized carbons (Fsp3) is 0.316. The molecule has 2 rings (SSSR count). The standard InChI is InChI=1S/C19H20F4N2O4/c1-25(9-10-28-15-6-3-13(20)4-7-15)18(26)24-14-5-8-16(27-2)17(11-14)29-12-19(21,22)23/h3-8,11H,9-10,12H2,1-2H3,(H,24,26). The van der Waals surface area contributed by atoms with Gasteiger partial charge >= 0.3 is 12.2 Å². The maximum Gasteiger partial charge on any atom is 0.422 e. The van der Waals surface area contributed by atoms with Crippen molar-refractivity contribution in [3.63, 3.8) is 0 Å². The number of methoxy groups -OCH3 is 1. The summed E-state index contributed by atoms with van der Waals surface area (Å²) >= 11 is 0. The van der Waals surface area contributed by atoms with Crippen molar-refractivity contribution in [1.29, 1.82) is 0 Å². The lowest BCUT2D eigenvalue weighted by Crippen LogP contribution is -2.34. The van der Waals surface area contributed by atoms with E-state index < -0.39 is 18.8 Å². The van der Waals surface area contributed by atoms with E-state index in [4.69, 9.17) is 14.2 Å². The molecular weight excluding hydrogens is 396 g/mol. The van der Waals surface area contributed by atoms with E-state index in [-0.39, 0.29) is 36.2 Å². The van der Waals surface area contributed by atoms with Crippen molar-refractivity contribution in [3.8, 4) is 17.2 Å². The molecule has 0 bridgehead atoms. The Labute approximate surface area is 165 Å². The first-order valence-electron chi connectivity index (χ1n) is 8.46. The number of halogens is 4. The Morgan fingerprint density at radius 2 is 1.76 bits per heavy atom. The number of benzene rings is 2. The summed E-state index contributed by atoms with van der Waals surface area (Å²) in [5.41, 5.74) is 0.235. The zero-order valence-corrected chi connectivity index (χ0v) is 15.8. The van der Waals surface area contributed by atoms with Crippen molar-refractivity contribution in [2.75, 3.05) is 39.2 Å². The summed E-state index contributed by atoms with van der Waals surface area (Å²) in [6.07, 6.45) is -4.50. The minimum atomic E-state index is -4.50. The highest BCUT2D eigenvalue weighted by molar-refractivity contribution is 5.89. The van der Waals surface area contributed by atoms with Gasteiger partial charge < -0.3 is 24.4 Å². The van der Waals surface area contributed by atoms with E-state index in [9.17, 15) is 22.4 Å². The third-order valence-electron chi connectivity index (χ3n) is 3.66. The van der Waals surface area contributed by atoms with E-state index >= 15 is 0 Å². The van der Waals surface area contributed by atoms with Gasteiger partial charge in [-0.15, -0.1) is 0 Å². The van der Waals surface area contributed by atoms with Gasteiger partial charge in [-0.1, -0.05) is 0 Å². The molecule has 2 aromatic carbocycles. The Bertz CT molecular complexity index is 813. The monoisotopic (exact) mass is 416 g/mol. The van der Waals surface area contributed by atoms with Crippen molar-refractivity contribution in [2.45, 2.75) is 6.18 Å². The molecule has 1 N–H and O–H groups in total. The molecule has 158 valence electrons. The van der Waals surface area contributed by atoms with Gasteiger partial charge in [0.1, 0.15) is 18.2 Å². The molecular formula is C19H20F4N2O4. The molecule has 0 aromatic heterocycles. The van der Waals surface area contributed by atoms with Gasteiger partial charge in [0.05, 0.1) is 13.7 Å². The Morgan fingerprint density at radius 1 is 1.07 bits per heavy atom. The molecule has 0 radical (unpaired) electrons. The fourth-order valence-corrected chi connectivity index (χ4v) is 2.18. The zero-order valence-electron chi connectivity index (χ0n) is 15.8. The predicted molar refractivity (Wildman–Crippen MR) is 98.1 cm³/mol. The highest BCUT2D eigenvalue weighted by Crippen LogP contribution is 2.31. The van der Waals surface area contributed by atoms with Gasteiger partial charge in [-0.25, -0.2) is 9.18 Å². The van der Waals surface area contributed by atoms with Crippen molar-refractivity contribution in [3.05, 3.63) is 48.3 Å². The van der Waals surface area contributed by atoms with Crippen molar-refractivity contribution in [2.24, 2.45) is 0 Å². The number of nitrogens with zero attached hydrogens (tertiary/aromatic N) is 1. The Balaban J connectivity index is 1.90. The van der Waals surface area contributed by atoms with E-state index in [2.05, 4.69) is 5.32 Å². The molecule has 0 saturated heterocycles. The summed E-state index contributed by atoms with van der Waals surface area (Å²) < 4.78 is 65.1. The van der Waals surface area contributed by atoms with E-state index in [0.717, 1.165) is 0 Å². The van der Waals surface area contributed by atoms with E-state index in [1.807, 2.05) is 0 Å². The van der Waals surface area contributed by atoms with Crippen molar-refractivity contribution in [1.82, 2.24) is 4.90 Å². The molecule has 10 heteroatoms. The molecule has 0 fully saturated rings. The summed E-state index contributed by atoms with van der Waals surface area (Å²) in [6, 6.07) is 9.05. The van der Waals surface area contributed by atoms with Crippen LogP contribution in [0.15, 0.2) is 42.5 Å². The number of urea groups is 1. The first kappa shape index (κ1) is 22.1. The van der Waals surface area contributed by atoms with Gasteiger partial charge in [0.25, 0.3) is 0 Å². The number of carbonyl (C=O) groups is 1. The van der Waals surface area contributed by atoms with Crippen LogP contribution in [-0.2, 0) is 0 Å². The van der Waals surface area contributed by atoms with Crippen molar-refractivity contribution >= 4 is 11.7 Å². The number of ether oxygens (including phenoxy) is 3. The molecule has 0 aliphatic rings. The molecule has 0 unspecified atom stereocenters. The average Bonchev–Trinajstić information content (AvgIpc) is 2.67. The molecule has 2 amide bonds. The van der Waals surface area contributed by atoms with E-state index in [0.29, 0.717) is 5.75 Å². The van der Waals surface area contributed by atoms with Crippen LogP contribution < -0.4 is 19.5 Å². The second kappa shape index (κ2) is 9.85. The zero-order chi connectivity index (χ0) is 21.4. The highest BCUT2D eigenvalue weighted by Gasteiger charge is 2.29. The third-order valence-corrected chi connectivity index (χ3v) is 3.66. The molecule has 0 heterocycles. The third kappa shape index (κ3) is 7.40. The number of amides is 2. The molecule has 0 saturated carbocycles. The Hall–Kier alpha value is -3.17. The number of hydrogen-bond donors (Lipinski definition) is 1. The first-order chi connectivity index (χ1) is 13.7. The number of alkyl halides is 3. The normalized spacial score (nSPS) is 11.0. The molecule has 2 aromatic rings. The van der Waals surface area contributed by atoms with Crippen LogP contribution in [0.2, 0.25) is 0 Å². The summed E-state index contributed by atoms with van der Waals surface area (Å²) in [5, 5.41) is 2.55. The Kier molecular flexibility index (Phi) is 7.52. The number of nitrogens with one attached hydrogen (secondary N) is 1. The fourth-order valence-electron chi connectivity index (χ4n) is 2.18. The first-order valence-corrected chi connectivity index (χ1v) is 8.46. The van der Waals surface area contributed by atoms with E-state index in [1.165, 1.54) is 61.5 Å². The van der Waals surface area contributed by atoms with Crippen LogP contribution in [0.4, 0.5) is 28.0 Å². The summed E-state index contributed by atoms with van der Waals surface area (Å²) in [6.45, 7) is -1.10. The van der Waals surface area contributed by atoms with Gasteiger partial charge in [0.15, 0.2) is 18.1 Å². The topological polar surface area (TPSA) is 60.0 Å². The van der Waals surface area contributed by atoms with Gasteiger partial charge in [-0.2, -0.15) is 13.2 Å².